The first-order valence-electron chi connectivity index (χ1n) is 9.91. The minimum atomic E-state index is -0.795. The molecule has 0 radical (unpaired) electrons. The number of nitrogens with zero attached hydrogens (tertiary/aromatic N) is 2. The second-order valence-electron chi connectivity index (χ2n) is 6.57. The lowest BCUT2D eigenvalue weighted by molar-refractivity contribution is -0.118. The average molecular weight is 451 g/mol. The van der Waals surface area contributed by atoms with E-state index in [0.717, 1.165) is 10.7 Å². The Hall–Kier alpha value is -4.47. The van der Waals surface area contributed by atoms with Crippen LogP contribution in [0, 0.1) is 0 Å². The summed E-state index contributed by atoms with van der Waals surface area (Å²) >= 11 is 0. The van der Waals surface area contributed by atoms with Crippen LogP contribution in [0.25, 0.3) is 5.69 Å². The summed E-state index contributed by atoms with van der Waals surface area (Å²) < 4.78 is 16.1. The van der Waals surface area contributed by atoms with Crippen LogP contribution in [-0.2, 0) is 14.3 Å². The molecule has 0 aliphatic heterocycles. The van der Waals surface area contributed by atoms with Crippen LogP contribution in [0.1, 0.15) is 27.8 Å². The number of carbonyl (C=O) groups is 3. The number of rotatable bonds is 8. The van der Waals surface area contributed by atoms with Crippen molar-refractivity contribution in [1.82, 2.24) is 9.78 Å². The smallest absolute Gasteiger partial charge is 0.362 e. The number of methoxy groups -OCH3 is 1. The SMILES string of the molecule is CCOC(=O)c1nn(-c2ccccc2)c(=O)cc1OCC(=O)Nc1ccc(C(=O)OC)cc1. The summed E-state index contributed by atoms with van der Waals surface area (Å²) in [5, 5.41) is 6.67. The second-order valence-corrected chi connectivity index (χ2v) is 6.57. The van der Waals surface area contributed by atoms with Gasteiger partial charge in [-0.25, -0.2) is 9.59 Å². The summed E-state index contributed by atoms with van der Waals surface area (Å²) in [4.78, 5) is 48.7. The van der Waals surface area contributed by atoms with E-state index in [1.165, 1.54) is 31.4 Å². The van der Waals surface area contributed by atoms with Gasteiger partial charge in [-0.05, 0) is 43.3 Å². The summed E-state index contributed by atoms with van der Waals surface area (Å²) in [6, 6.07) is 15.6. The third-order valence-corrected chi connectivity index (χ3v) is 4.31. The molecular weight excluding hydrogens is 430 g/mol. The van der Waals surface area contributed by atoms with Crippen LogP contribution >= 0.6 is 0 Å². The van der Waals surface area contributed by atoms with Crippen LogP contribution < -0.4 is 15.6 Å². The first-order chi connectivity index (χ1) is 15.9. The van der Waals surface area contributed by atoms with Gasteiger partial charge in [0.25, 0.3) is 11.5 Å². The number of benzene rings is 2. The number of aromatic nitrogens is 2. The Balaban J connectivity index is 1.77. The van der Waals surface area contributed by atoms with Gasteiger partial charge in [0.1, 0.15) is 0 Å². The quantitative estimate of drug-likeness (QED) is 0.517. The van der Waals surface area contributed by atoms with Crippen LogP contribution in [0.2, 0.25) is 0 Å². The van der Waals surface area contributed by atoms with E-state index in [9.17, 15) is 19.2 Å². The molecule has 10 nitrogen and oxygen atoms in total. The van der Waals surface area contributed by atoms with E-state index in [0.29, 0.717) is 16.9 Å². The van der Waals surface area contributed by atoms with E-state index in [1.54, 1.807) is 37.3 Å². The van der Waals surface area contributed by atoms with Gasteiger partial charge in [0.15, 0.2) is 12.4 Å². The zero-order valence-electron chi connectivity index (χ0n) is 17.9. The fourth-order valence-electron chi connectivity index (χ4n) is 2.79. The molecule has 3 aromatic rings. The van der Waals surface area contributed by atoms with Crippen LogP contribution in [0.3, 0.4) is 0 Å². The Morgan fingerprint density at radius 3 is 2.33 bits per heavy atom. The van der Waals surface area contributed by atoms with Crippen molar-refractivity contribution in [2.75, 3.05) is 25.6 Å². The summed E-state index contributed by atoms with van der Waals surface area (Å²) in [5.41, 5.74) is 0.404. The maximum Gasteiger partial charge on any atom is 0.362 e. The number of nitrogens with one attached hydrogen (secondary N) is 1. The number of esters is 2. The molecule has 1 aromatic heterocycles. The molecule has 33 heavy (non-hydrogen) atoms. The fraction of sp³-hybridized carbons (Fsp3) is 0.174. The summed E-state index contributed by atoms with van der Waals surface area (Å²) in [6.07, 6.45) is 0. The molecule has 0 spiro atoms. The summed E-state index contributed by atoms with van der Waals surface area (Å²) in [5.74, 6) is -2.03. The number of carbonyl (C=O) groups excluding carboxylic acids is 3. The van der Waals surface area contributed by atoms with Crippen LogP contribution in [-0.4, -0.2) is 47.9 Å². The lowest BCUT2D eigenvalue weighted by Crippen LogP contribution is -2.27. The van der Waals surface area contributed by atoms with Gasteiger partial charge in [-0.3, -0.25) is 9.59 Å². The normalized spacial score (nSPS) is 10.2. The molecule has 0 atom stereocenters. The first-order valence-corrected chi connectivity index (χ1v) is 9.91. The first kappa shape index (κ1) is 23.2. The van der Waals surface area contributed by atoms with E-state index in [-0.39, 0.29) is 18.1 Å². The molecular formula is C23H21N3O7. The highest BCUT2D eigenvalue weighted by molar-refractivity contribution is 5.94. The standard InChI is InChI=1S/C23H21N3O7/c1-3-32-23(30)21-18(13-20(28)26(25-21)17-7-5-4-6-8-17)33-14-19(27)24-16-11-9-15(10-12-16)22(29)31-2/h4-13H,3,14H2,1-2H3,(H,24,27). The van der Waals surface area contributed by atoms with Crippen LogP contribution in [0.5, 0.6) is 5.75 Å². The van der Waals surface area contributed by atoms with Crippen molar-refractivity contribution < 1.29 is 28.6 Å². The zero-order valence-corrected chi connectivity index (χ0v) is 17.9. The molecule has 0 bridgehead atoms. The van der Waals surface area contributed by atoms with Gasteiger partial charge in [0.2, 0.25) is 5.69 Å². The Kier molecular flexibility index (Phi) is 7.53. The third-order valence-electron chi connectivity index (χ3n) is 4.31. The van der Waals surface area contributed by atoms with Crippen molar-refractivity contribution in [1.29, 1.82) is 0 Å². The lowest BCUT2D eigenvalue weighted by atomic mass is 10.2. The van der Waals surface area contributed by atoms with E-state index in [4.69, 9.17) is 9.47 Å². The molecule has 1 N–H and O–H groups in total. The van der Waals surface area contributed by atoms with Crippen LogP contribution in [0.15, 0.2) is 65.5 Å². The van der Waals surface area contributed by atoms with Gasteiger partial charge in [0.05, 0.1) is 31.0 Å². The van der Waals surface area contributed by atoms with Crippen molar-refractivity contribution in [2.45, 2.75) is 6.92 Å². The molecule has 0 aliphatic carbocycles. The minimum absolute atomic E-state index is 0.0898. The Labute approximate surface area is 188 Å². The van der Waals surface area contributed by atoms with Crippen molar-refractivity contribution in [3.05, 3.63) is 82.3 Å². The number of hydrogen-bond donors (Lipinski definition) is 1. The molecule has 1 heterocycles. The van der Waals surface area contributed by atoms with E-state index >= 15 is 0 Å². The van der Waals surface area contributed by atoms with Crippen molar-refractivity contribution in [3.63, 3.8) is 0 Å². The molecule has 0 saturated carbocycles. The monoisotopic (exact) mass is 451 g/mol. The minimum Gasteiger partial charge on any atom is -0.481 e. The highest BCUT2D eigenvalue weighted by Gasteiger charge is 2.20. The van der Waals surface area contributed by atoms with E-state index < -0.39 is 30.0 Å². The Bertz CT molecular complexity index is 1200. The molecule has 1 amide bonds. The lowest BCUT2D eigenvalue weighted by Gasteiger charge is -2.12. The highest BCUT2D eigenvalue weighted by Crippen LogP contribution is 2.17. The molecule has 3 rings (SSSR count). The van der Waals surface area contributed by atoms with Crippen molar-refractivity contribution in [3.8, 4) is 11.4 Å². The number of hydrogen-bond acceptors (Lipinski definition) is 8. The molecule has 0 unspecified atom stereocenters. The van der Waals surface area contributed by atoms with Crippen molar-refractivity contribution in [2.24, 2.45) is 0 Å². The van der Waals surface area contributed by atoms with Gasteiger partial charge in [0, 0.05) is 5.69 Å². The zero-order chi connectivity index (χ0) is 23.8. The van der Waals surface area contributed by atoms with Gasteiger partial charge < -0.3 is 19.5 Å². The van der Waals surface area contributed by atoms with E-state index in [1.807, 2.05) is 0 Å². The Morgan fingerprint density at radius 2 is 1.70 bits per heavy atom. The molecule has 170 valence electrons. The predicted molar refractivity (Wildman–Crippen MR) is 118 cm³/mol. The molecule has 0 aliphatic rings. The largest absolute Gasteiger partial charge is 0.481 e. The second kappa shape index (κ2) is 10.7. The summed E-state index contributed by atoms with van der Waals surface area (Å²) in [7, 11) is 1.27. The number of para-hydroxylation sites is 1. The fourth-order valence-corrected chi connectivity index (χ4v) is 2.79. The van der Waals surface area contributed by atoms with Gasteiger partial charge in [-0.2, -0.15) is 9.78 Å². The third kappa shape index (κ3) is 5.82. The molecule has 10 heteroatoms. The van der Waals surface area contributed by atoms with Gasteiger partial charge in [-0.1, -0.05) is 18.2 Å². The predicted octanol–water partition coefficient (Wildman–Crippen LogP) is 2.21. The maximum absolute atomic E-state index is 12.6. The van der Waals surface area contributed by atoms with E-state index in [2.05, 4.69) is 15.2 Å². The molecule has 0 saturated heterocycles. The highest BCUT2D eigenvalue weighted by atomic mass is 16.5. The number of ether oxygens (including phenoxy) is 3. The van der Waals surface area contributed by atoms with Gasteiger partial charge >= 0.3 is 11.9 Å². The number of anilines is 1. The average Bonchev–Trinajstić information content (AvgIpc) is 2.83. The molecule has 2 aromatic carbocycles. The van der Waals surface area contributed by atoms with Gasteiger partial charge in [-0.15, -0.1) is 0 Å². The topological polar surface area (TPSA) is 126 Å². The van der Waals surface area contributed by atoms with Crippen molar-refractivity contribution >= 4 is 23.5 Å². The maximum atomic E-state index is 12.6. The molecule has 0 fully saturated rings. The summed E-state index contributed by atoms with van der Waals surface area (Å²) in [6.45, 7) is 1.22. The Morgan fingerprint density at radius 1 is 1.00 bits per heavy atom. The number of amides is 1. The van der Waals surface area contributed by atoms with Crippen LogP contribution in [0.4, 0.5) is 5.69 Å².